The first-order valence-electron chi connectivity index (χ1n) is 10.1. The number of methoxy groups -OCH3 is 1. The summed E-state index contributed by atoms with van der Waals surface area (Å²) in [5.41, 5.74) is 1.02. The zero-order chi connectivity index (χ0) is 21.6. The molecule has 0 unspecified atom stereocenters. The Labute approximate surface area is 173 Å². The Balaban J connectivity index is 2.29. The van der Waals surface area contributed by atoms with Crippen LogP contribution in [0.5, 0.6) is 5.75 Å². The molecule has 3 amide bonds. The molecule has 0 fully saturated rings. The summed E-state index contributed by atoms with van der Waals surface area (Å²) in [6.07, 6.45) is -0.0758. The molecular formula is C21H34N4O4. The number of nitrogens with one attached hydrogen (secondary N) is 3. The molecule has 29 heavy (non-hydrogen) atoms. The molecule has 0 aromatic heterocycles. The van der Waals surface area contributed by atoms with Crippen molar-refractivity contribution in [3.8, 4) is 5.75 Å². The van der Waals surface area contributed by atoms with E-state index in [0.717, 1.165) is 6.54 Å². The Morgan fingerprint density at radius 1 is 1.34 bits per heavy atom. The average Bonchev–Trinajstić information content (AvgIpc) is 2.66. The second-order valence-corrected chi connectivity index (χ2v) is 8.02. The summed E-state index contributed by atoms with van der Waals surface area (Å²) in [7, 11) is 3.43. The summed E-state index contributed by atoms with van der Waals surface area (Å²) < 4.78 is 11.6. The van der Waals surface area contributed by atoms with Crippen molar-refractivity contribution in [2.24, 2.45) is 5.92 Å². The molecule has 1 heterocycles. The van der Waals surface area contributed by atoms with Gasteiger partial charge in [-0.15, -0.1) is 0 Å². The molecule has 0 saturated carbocycles. The number of hydrogen-bond donors (Lipinski definition) is 3. The van der Waals surface area contributed by atoms with Crippen molar-refractivity contribution in [1.29, 1.82) is 0 Å². The third kappa shape index (κ3) is 6.61. The molecule has 8 nitrogen and oxygen atoms in total. The minimum Gasteiger partial charge on any atom is -0.491 e. The minimum absolute atomic E-state index is 0.0220. The molecule has 0 radical (unpaired) electrons. The lowest BCUT2D eigenvalue weighted by atomic mass is 10.0. The van der Waals surface area contributed by atoms with Gasteiger partial charge in [0, 0.05) is 51.1 Å². The van der Waals surface area contributed by atoms with Crippen molar-refractivity contribution < 1.29 is 19.1 Å². The fraction of sp³-hybridized carbons (Fsp3) is 0.619. The lowest BCUT2D eigenvalue weighted by Gasteiger charge is -2.30. The summed E-state index contributed by atoms with van der Waals surface area (Å²) in [5, 5.41) is 9.01. The molecular weight excluding hydrogens is 372 g/mol. The Morgan fingerprint density at radius 2 is 2.07 bits per heavy atom. The summed E-state index contributed by atoms with van der Waals surface area (Å²) in [5.74, 6) is 0.539. The van der Waals surface area contributed by atoms with Crippen LogP contribution in [0.3, 0.4) is 0 Å². The molecule has 0 saturated heterocycles. The summed E-state index contributed by atoms with van der Waals surface area (Å²) in [4.78, 5) is 26.7. The number of fused-ring (bicyclic) bond motifs is 1. The third-order valence-electron chi connectivity index (χ3n) is 4.90. The molecule has 0 aliphatic carbocycles. The van der Waals surface area contributed by atoms with E-state index in [1.54, 1.807) is 37.3 Å². The van der Waals surface area contributed by atoms with E-state index >= 15 is 0 Å². The molecule has 3 N–H and O–H groups in total. The van der Waals surface area contributed by atoms with Crippen molar-refractivity contribution in [2.45, 2.75) is 45.9 Å². The van der Waals surface area contributed by atoms with Crippen LogP contribution in [0.15, 0.2) is 18.2 Å². The monoisotopic (exact) mass is 406 g/mol. The number of carbonyl (C=O) groups is 2. The predicted octanol–water partition coefficient (Wildman–Crippen LogP) is 2.31. The number of anilines is 1. The van der Waals surface area contributed by atoms with Gasteiger partial charge in [0.05, 0.1) is 11.7 Å². The molecule has 2 rings (SSSR count). The van der Waals surface area contributed by atoms with Gasteiger partial charge in [0.25, 0.3) is 5.91 Å². The first kappa shape index (κ1) is 23.0. The minimum atomic E-state index is -0.302. The number of nitrogens with zero attached hydrogens (tertiary/aromatic N) is 1. The van der Waals surface area contributed by atoms with Crippen molar-refractivity contribution in [3.63, 3.8) is 0 Å². The van der Waals surface area contributed by atoms with E-state index in [2.05, 4.69) is 22.9 Å². The van der Waals surface area contributed by atoms with Crippen molar-refractivity contribution in [3.05, 3.63) is 23.8 Å². The van der Waals surface area contributed by atoms with Crippen LogP contribution >= 0.6 is 0 Å². The van der Waals surface area contributed by atoms with Gasteiger partial charge in [0.1, 0.15) is 12.4 Å². The van der Waals surface area contributed by atoms with Gasteiger partial charge in [0.15, 0.2) is 0 Å². The summed E-state index contributed by atoms with van der Waals surface area (Å²) in [6.45, 7) is 9.54. The lowest BCUT2D eigenvalue weighted by molar-refractivity contribution is 0.0281. The van der Waals surface area contributed by atoms with Crippen LogP contribution in [0.25, 0.3) is 0 Å². The van der Waals surface area contributed by atoms with E-state index in [1.165, 1.54) is 0 Å². The standard InChI is InChI=1S/C21H34N4O4/c1-13(2)23-21(27)24-16-7-8-17-18(9-16)29-12-15(4)22-10-14(3)19(28-6)11-25(5)20(17)26/h7-9,13-15,19,22H,10-12H2,1-6H3,(H2,23,24,27)/t14-,15+,19-/m0/s1. The number of benzene rings is 1. The molecule has 0 bridgehead atoms. The topological polar surface area (TPSA) is 91.9 Å². The van der Waals surface area contributed by atoms with E-state index in [-0.39, 0.29) is 36.0 Å². The van der Waals surface area contributed by atoms with Gasteiger partial charge in [-0.05, 0) is 38.8 Å². The van der Waals surface area contributed by atoms with Crippen LogP contribution < -0.4 is 20.7 Å². The Bertz CT molecular complexity index is 710. The van der Waals surface area contributed by atoms with Crippen LogP contribution in [-0.4, -0.2) is 68.9 Å². The molecule has 8 heteroatoms. The van der Waals surface area contributed by atoms with Gasteiger partial charge in [-0.2, -0.15) is 0 Å². The predicted molar refractivity (Wildman–Crippen MR) is 114 cm³/mol. The highest BCUT2D eigenvalue weighted by molar-refractivity contribution is 5.98. The van der Waals surface area contributed by atoms with Gasteiger partial charge in [-0.1, -0.05) is 6.92 Å². The van der Waals surface area contributed by atoms with Crippen LogP contribution in [-0.2, 0) is 4.74 Å². The first-order valence-corrected chi connectivity index (χ1v) is 10.1. The molecule has 1 aliphatic heterocycles. The smallest absolute Gasteiger partial charge is 0.319 e. The fourth-order valence-corrected chi connectivity index (χ4v) is 3.16. The second-order valence-electron chi connectivity index (χ2n) is 8.02. The molecule has 1 aromatic carbocycles. The first-order chi connectivity index (χ1) is 13.7. The summed E-state index contributed by atoms with van der Waals surface area (Å²) in [6, 6.07) is 4.90. The van der Waals surface area contributed by atoms with E-state index in [4.69, 9.17) is 9.47 Å². The number of ether oxygens (including phenoxy) is 2. The van der Waals surface area contributed by atoms with Crippen LogP contribution in [0, 0.1) is 5.92 Å². The Hall–Kier alpha value is -2.32. The summed E-state index contributed by atoms with van der Waals surface area (Å²) >= 11 is 0. The van der Waals surface area contributed by atoms with Gasteiger partial charge in [0.2, 0.25) is 0 Å². The SMILES string of the molecule is CO[C@H]1CN(C)C(=O)c2ccc(NC(=O)NC(C)C)cc2OC[C@@H](C)NC[C@@H]1C. The van der Waals surface area contributed by atoms with E-state index in [9.17, 15) is 9.59 Å². The van der Waals surface area contributed by atoms with Gasteiger partial charge in [-0.3, -0.25) is 4.79 Å². The number of hydrogen-bond acceptors (Lipinski definition) is 5. The number of amides is 3. The Morgan fingerprint density at radius 3 is 2.72 bits per heavy atom. The molecule has 3 atom stereocenters. The van der Waals surface area contributed by atoms with Crippen molar-refractivity contribution in [1.82, 2.24) is 15.5 Å². The molecule has 1 aromatic rings. The van der Waals surface area contributed by atoms with Gasteiger partial charge >= 0.3 is 6.03 Å². The number of urea groups is 1. The highest BCUT2D eigenvalue weighted by atomic mass is 16.5. The maximum atomic E-state index is 13.1. The lowest BCUT2D eigenvalue weighted by Crippen LogP contribution is -2.44. The molecule has 1 aliphatic rings. The van der Waals surface area contributed by atoms with Crippen LogP contribution in [0.1, 0.15) is 38.1 Å². The van der Waals surface area contributed by atoms with Crippen LogP contribution in [0.2, 0.25) is 0 Å². The largest absolute Gasteiger partial charge is 0.491 e. The maximum absolute atomic E-state index is 13.1. The number of rotatable bonds is 3. The van der Waals surface area contributed by atoms with Gasteiger partial charge in [-0.25, -0.2) is 4.79 Å². The average molecular weight is 407 g/mol. The molecule has 0 spiro atoms. The quantitative estimate of drug-likeness (QED) is 0.716. The zero-order valence-corrected chi connectivity index (χ0v) is 18.2. The van der Waals surface area contributed by atoms with E-state index in [1.807, 2.05) is 20.8 Å². The second kappa shape index (κ2) is 10.5. The van der Waals surface area contributed by atoms with E-state index < -0.39 is 0 Å². The van der Waals surface area contributed by atoms with Crippen molar-refractivity contribution in [2.75, 3.05) is 39.2 Å². The third-order valence-corrected chi connectivity index (χ3v) is 4.90. The highest BCUT2D eigenvalue weighted by Gasteiger charge is 2.25. The zero-order valence-electron chi connectivity index (χ0n) is 18.2. The number of carbonyl (C=O) groups excluding carboxylic acids is 2. The van der Waals surface area contributed by atoms with Gasteiger partial charge < -0.3 is 30.3 Å². The number of likely N-dealkylation sites (N-methyl/N-ethyl adjacent to an activating group) is 1. The van der Waals surface area contributed by atoms with Crippen LogP contribution in [0.4, 0.5) is 10.5 Å². The normalized spacial score (nSPS) is 23.5. The molecule has 162 valence electrons. The van der Waals surface area contributed by atoms with E-state index in [0.29, 0.717) is 30.2 Å². The Kier molecular flexibility index (Phi) is 8.28. The fourth-order valence-electron chi connectivity index (χ4n) is 3.16. The maximum Gasteiger partial charge on any atom is 0.319 e. The highest BCUT2D eigenvalue weighted by Crippen LogP contribution is 2.26. The van der Waals surface area contributed by atoms with Crippen molar-refractivity contribution >= 4 is 17.6 Å².